The normalized spacial score (nSPS) is 29.7. The molecular formula is C13H23NO2S. The fourth-order valence-corrected chi connectivity index (χ4v) is 3.78. The molecule has 2 rings (SSSR count). The zero-order chi connectivity index (χ0) is 12.5. The average Bonchev–Trinajstić information content (AvgIpc) is 2.48. The Kier molecular flexibility index (Phi) is 3.91. The summed E-state index contributed by atoms with van der Waals surface area (Å²) in [7, 11) is 0. The van der Waals surface area contributed by atoms with Gasteiger partial charge in [-0.25, -0.2) is 4.79 Å². The third-order valence-electron chi connectivity index (χ3n) is 3.49. The lowest BCUT2D eigenvalue weighted by atomic mass is 9.92. The molecular weight excluding hydrogens is 234 g/mol. The van der Waals surface area contributed by atoms with Crippen LogP contribution in [0.15, 0.2) is 0 Å². The Hall–Kier alpha value is -0.380. The summed E-state index contributed by atoms with van der Waals surface area (Å²) in [6, 6.07) is 0. The highest BCUT2D eigenvalue weighted by Gasteiger charge is 2.37. The molecule has 0 aromatic heterocycles. The van der Waals surface area contributed by atoms with E-state index in [4.69, 9.17) is 4.74 Å². The molecule has 2 fully saturated rings. The Bertz CT molecular complexity index is 274. The van der Waals surface area contributed by atoms with Crippen LogP contribution >= 0.6 is 11.8 Å². The maximum Gasteiger partial charge on any atom is 0.410 e. The van der Waals surface area contributed by atoms with Crippen molar-refractivity contribution in [3.05, 3.63) is 0 Å². The summed E-state index contributed by atoms with van der Waals surface area (Å²) >= 11 is 2.06. The van der Waals surface area contributed by atoms with Gasteiger partial charge in [0, 0.05) is 13.1 Å². The average molecular weight is 257 g/mol. The molecule has 98 valence electrons. The molecule has 17 heavy (non-hydrogen) atoms. The Morgan fingerprint density at radius 1 is 1.18 bits per heavy atom. The summed E-state index contributed by atoms with van der Waals surface area (Å²) in [4.78, 5) is 13.9. The maximum atomic E-state index is 12.0. The molecule has 4 heteroatoms. The summed E-state index contributed by atoms with van der Waals surface area (Å²) in [5.41, 5.74) is -0.377. The van der Waals surface area contributed by atoms with Gasteiger partial charge < -0.3 is 9.64 Å². The number of thioether (sulfide) groups is 1. The predicted octanol–water partition coefficient (Wildman–Crippen LogP) is 3.00. The second kappa shape index (κ2) is 5.09. The minimum absolute atomic E-state index is 0.127. The standard InChI is InChI=1S/C13H23NO2S/c1-13(2,3)16-12(15)14-8-10-4-6-17-7-5-11(10)9-14/h10-11H,4-9H2,1-3H3. The highest BCUT2D eigenvalue weighted by atomic mass is 32.2. The van der Waals surface area contributed by atoms with E-state index >= 15 is 0 Å². The smallest absolute Gasteiger partial charge is 0.410 e. The van der Waals surface area contributed by atoms with Gasteiger partial charge in [0.25, 0.3) is 0 Å². The molecule has 0 spiro atoms. The van der Waals surface area contributed by atoms with Gasteiger partial charge in [0.1, 0.15) is 5.60 Å². The lowest BCUT2D eigenvalue weighted by molar-refractivity contribution is 0.0283. The van der Waals surface area contributed by atoms with E-state index in [1.165, 1.54) is 24.3 Å². The molecule has 2 heterocycles. The van der Waals surface area contributed by atoms with Gasteiger partial charge in [-0.05, 0) is 57.0 Å². The Labute approximate surface area is 108 Å². The number of fused-ring (bicyclic) bond motifs is 1. The van der Waals surface area contributed by atoms with Crippen LogP contribution < -0.4 is 0 Å². The Balaban J connectivity index is 1.90. The van der Waals surface area contributed by atoms with E-state index in [0.29, 0.717) is 11.8 Å². The number of carbonyl (C=O) groups is 1. The molecule has 2 atom stereocenters. The molecule has 0 bridgehead atoms. The van der Waals surface area contributed by atoms with Gasteiger partial charge in [0.15, 0.2) is 0 Å². The summed E-state index contributed by atoms with van der Waals surface area (Å²) in [6.07, 6.45) is 2.39. The van der Waals surface area contributed by atoms with Crippen LogP contribution in [-0.4, -0.2) is 41.2 Å². The summed E-state index contributed by atoms with van der Waals surface area (Å²) in [5, 5.41) is 0. The van der Waals surface area contributed by atoms with Crippen molar-refractivity contribution in [1.82, 2.24) is 4.90 Å². The monoisotopic (exact) mass is 257 g/mol. The van der Waals surface area contributed by atoms with Crippen molar-refractivity contribution in [3.63, 3.8) is 0 Å². The zero-order valence-electron chi connectivity index (χ0n) is 11.1. The molecule has 0 aromatic carbocycles. The zero-order valence-corrected chi connectivity index (χ0v) is 11.9. The van der Waals surface area contributed by atoms with E-state index in [0.717, 1.165) is 13.1 Å². The van der Waals surface area contributed by atoms with Crippen molar-refractivity contribution in [2.24, 2.45) is 11.8 Å². The van der Waals surface area contributed by atoms with Gasteiger partial charge in [-0.15, -0.1) is 0 Å². The van der Waals surface area contributed by atoms with Crippen LogP contribution in [0.4, 0.5) is 4.79 Å². The van der Waals surface area contributed by atoms with Gasteiger partial charge in [0.05, 0.1) is 0 Å². The largest absolute Gasteiger partial charge is 0.444 e. The van der Waals surface area contributed by atoms with E-state index in [1.807, 2.05) is 25.7 Å². The molecule has 0 radical (unpaired) electrons. The van der Waals surface area contributed by atoms with Crippen LogP contribution in [0.5, 0.6) is 0 Å². The van der Waals surface area contributed by atoms with E-state index in [1.54, 1.807) is 0 Å². The van der Waals surface area contributed by atoms with E-state index in [9.17, 15) is 4.79 Å². The molecule has 0 aromatic rings. The molecule has 3 nitrogen and oxygen atoms in total. The second-order valence-electron chi connectivity index (χ2n) is 6.10. The number of hydrogen-bond acceptors (Lipinski definition) is 3. The number of nitrogens with zero attached hydrogens (tertiary/aromatic N) is 1. The van der Waals surface area contributed by atoms with Crippen LogP contribution in [0.2, 0.25) is 0 Å². The molecule has 2 aliphatic rings. The van der Waals surface area contributed by atoms with Gasteiger partial charge in [-0.3, -0.25) is 0 Å². The molecule has 0 aliphatic carbocycles. The van der Waals surface area contributed by atoms with Crippen LogP contribution in [0.1, 0.15) is 33.6 Å². The number of rotatable bonds is 0. The third kappa shape index (κ3) is 3.54. The van der Waals surface area contributed by atoms with Gasteiger partial charge in [-0.1, -0.05) is 0 Å². The SMILES string of the molecule is CC(C)(C)OC(=O)N1CC2CCSCCC2C1. The van der Waals surface area contributed by atoms with Crippen molar-refractivity contribution in [2.45, 2.75) is 39.2 Å². The van der Waals surface area contributed by atoms with E-state index in [-0.39, 0.29) is 11.7 Å². The summed E-state index contributed by atoms with van der Waals surface area (Å²) < 4.78 is 5.44. The number of ether oxygens (including phenoxy) is 1. The minimum Gasteiger partial charge on any atom is -0.444 e. The quantitative estimate of drug-likeness (QED) is 0.668. The highest BCUT2D eigenvalue weighted by molar-refractivity contribution is 7.99. The lowest BCUT2D eigenvalue weighted by Crippen LogP contribution is -2.35. The van der Waals surface area contributed by atoms with Gasteiger partial charge in [-0.2, -0.15) is 11.8 Å². The molecule has 1 amide bonds. The minimum atomic E-state index is -0.377. The van der Waals surface area contributed by atoms with Gasteiger partial charge in [0.2, 0.25) is 0 Å². The van der Waals surface area contributed by atoms with E-state index in [2.05, 4.69) is 11.8 Å². The fourth-order valence-electron chi connectivity index (χ4n) is 2.64. The molecule has 0 N–H and O–H groups in total. The van der Waals surface area contributed by atoms with Crippen LogP contribution in [0, 0.1) is 11.8 Å². The first-order chi connectivity index (χ1) is 7.96. The molecule has 2 aliphatic heterocycles. The number of hydrogen-bond donors (Lipinski definition) is 0. The van der Waals surface area contributed by atoms with Crippen LogP contribution in [-0.2, 0) is 4.74 Å². The van der Waals surface area contributed by atoms with Crippen molar-refractivity contribution in [2.75, 3.05) is 24.6 Å². The van der Waals surface area contributed by atoms with Crippen LogP contribution in [0.25, 0.3) is 0 Å². The topological polar surface area (TPSA) is 29.5 Å². The van der Waals surface area contributed by atoms with E-state index < -0.39 is 0 Å². The number of carbonyl (C=O) groups excluding carboxylic acids is 1. The van der Waals surface area contributed by atoms with Crippen molar-refractivity contribution < 1.29 is 9.53 Å². The predicted molar refractivity (Wildman–Crippen MR) is 71.3 cm³/mol. The van der Waals surface area contributed by atoms with Crippen molar-refractivity contribution >= 4 is 17.9 Å². The first-order valence-corrected chi connectivity index (χ1v) is 7.67. The number of likely N-dealkylation sites (tertiary alicyclic amines) is 1. The second-order valence-corrected chi connectivity index (χ2v) is 7.32. The van der Waals surface area contributed by atoms with Crippen LogP contribution in [0.3, 0.4) is 0 Å². The maximum absolute atomic E-state index is 12.0. The third-order valence-corrected chi connectivity index (χ3v) is 4.54. The molecule has 0 saturated carbocycles. The Morgan fingerprint density at radius 3 is 2.18 bits per heavy atom. The highest BCUT2D eigenvalue weighted by Crippen LogP contribution is 2.34. The fraction of sp³-hybridized carbons (Fsp3) is 0.923. The van der Waals surface area contributed by atoms with Gasteiger partial charge >= 0.3 is 6.09 Å². The number of amides is 1. The first kappa shape index (κ1) is 13.1. The lowest BCUT2D eigenvalue weighted by Gasteiger charge is -2.24. The van der Waals surface area contributed by atoms with Crippen molar-refractivity contribution in [1.29, 1.82) is 0 Å². The molecule has 2 saturated heterocycles. The first-order valence-electron chi connectivity index (χ1n) is 6.51. The Morgan fingerprint density at radius 2 is 1.71 bits per heavy atom. The summed E-state index contributed by atoms with van der Waals surface area (Å²) in [5.74, 6) is 3.92. The molecule has 2 unspecified atom stereocenters. The summed E-state index contributed by atoms with van der Waals surface area (Å²) in [6.45, 7) is 7.58. The van der Waals surface area contributed by atoms with Crippen molar-refractivity contribution in [3.8, 4) is 0 Å².